The van der Waals surface area contributed by atoms with Gasteiger partial charge in [0.1, 0.15) is 11.3 Å². The summed E-state index contributed by atoms with van der Waals surface area (Å²) in [6.07, 6.45) is 11.3. The Labute approximate surface area is 241 Å². The van der Waals surface area contributed by atoms with Crippen LogP contribution in [0.2, 0.25) is 0 Å². The van der Waals surface area contributed by atoms with Gasteiger partial charge in [0.15, 0.2) is 0 Å². The van der Waals surface area contributed by atoms with Crippen molar-refractivity contribution < 1.29 is 4.42 Å². The molecule has 0 saturated heterocycles. The number of fused-ring (bicyclic) bond motifs is 1. The molecule has 0 aliphatic carbocycles. The highest BCUT2D eigenvalue weighted by Crippen LogP contribution is 2.33. The van der Waals surface area contributed by atoms with Gasteiger partial charge < -0.3 is 10.2 Å². The van der Waals surface area contributed by atoms with Gasteiger partial charge in [-0.2, -0.15) is 10.5 Å². The summed E-state index contributed by atoms with van der Waals surface area (Å²) in [5.41, 5.74) is 15.6. The molecule has 4 heteroatoms. The summed E-state index contributed by atoms with van der Waals surface area (Å²) in [7, 11) is 0. The third-order valence-electron chi connectivity index (χ3n) is 6.93. The molecule has 1 heterocycles. The van der Waals surface area contributed by atoms with Crippen LogP contribution in [0.15, 0.2) is 126 Å². The maximum atomic E-state index is 9.23. The van der Waals surface area contributed by atoms with Gasteiger partial charge >= 0.3 is 0 Å². The number of benzene rings is 3. The van der Waals surface area contributed by atoms with Gasteiger partial charge in [0, 0.05) is 27.8 Å². The fourth-order valence-electron chi connectivity index (χ4n) is 4.55. The molecule has 4 aromatic rings. The van der Waals surface area contributed by atoms with Crippen molar-refractivity contribution in [3.05, 3.63) is 149 Å². The van der Waals surface area contributed by atoms with Gasteiger partial charge in [-0.25, -0.2) is 0 Å². The molecule has 0 fully saturated rings. The summed E-state index contributed by atoms with van der Waals surface area (Å²) < 4.78 is 6.35. The number of nitrogens with zero attached hydrogens (tertiary/aromatic N) is 2. The van der Waals surface area contributed by atoms with Crippen LogP contribution in [0.3, 0.4) is 0 Å². The number of hydrogen-bond acceptors (Lipinski definition) is 4. The van der Waals surface area contributed by atoms with E-state index in [4.69, 9.17) is 15.4 Å². The van der Waals surface area contributed by atoms with Crippen LogP contribution < -0.4 is 5.73 Å². The molecule has 0 spiro atoms. The second-order valence-electron chi connectivity index (χ2n) is 9.52. The molecular formula is C37H31N3O. The molecule has 41 heavy (non-hydrogen) atoms. The molecule has 0 aliphatic heterocycles. The number of rotatable bonds is 9. The predicted molar refractivity (Wildman–Crippen MR) is 170 cm³/mol. The number of nitrogens with two attached hydrogens (primary N) is 1. The predicted octanol–water partition coefficient (Wildman–Crippen LogP) is 9.08. The van der Waals surface area contributed by atoms with E-state index in [2.05, 4.69) is 50.4 Å². The van der Waals surface area contributed by atoms with Gasteiger partial charge in [-0.3, -0.25) is 0 Å². The lowest BCUT2D eigenvalue weighted by atomic mass is 9.99. The van der Waals surface area contributed by atoms with E-state index in [0.717, 1.165) is 55.7 Å². The molecule has 200 valence electrons. The highest BCUT2D eigenvalue weighted by Gasteiger charge is 2.12. The second kappa shape index (κ2) is 13.0. The average molecular weight is 534 g/mol. The molecular weight excluding hydrogens is 502 g/mol. The highest BCUT2D eigenvalue weighted by molar-refractivity contribution is 5.93. The first-order valence-corrected chi connectivity index (χ1v) is 13.2. The van der Waals surface area contributed by atoms with Gasteiger partial charge in [-0.05, 0) is 77.9 Å². The lowest BCUT2D eigenvalue weighted by Gasteiger charge is -2.06. The molecule has 4 rings (SSSR count). The van der Waals surface area contributed by atoms with Crippen molar-refractivity contribution in [1.29, 1.82) is 10.5 Å². The van der Waals surface area contributed by atoms with Gasteiger partial charge in [-0.15, -0.1) is 0 Å². The lowest BCUT2D eigenvalue weighted by molar-refractivity contribution is 0.601. The summed E-state index contributed by atoms with van der Waals surface area (Å²) in [4.78, 5) is 0. The first kappa shape index (κ1) is 28.4. The Balaban J connectivity index is 1.68. The summed E-state index contributed by atoms with van der Waals surface area (Å²) >= 11 is 0. The van der Waals surface area contributed by atoms with Gasteiger partial charge in [0.2, 0.25) is 0 Å². The zero-order valence-corrected chi connectivity index (χ0v) is 23.3. The zero-order valence-electron chi connectivity index (χ0n) is 23.3. The standard InChI is InChI=1S/C37H31N3O/c1-5-26(23-38)14-15-28-10-8-11-30(18-28)29(7-3)21-36-25(4)34-17-16-32(22-37(34)41-36)31-12-9-13-33(20-31)35(40)19-27(6-2)24-39/h5-14,16-22H,1,3,15,40H2,2,4H3/b26-14+,27-6+,29-21+,35-19-. The van der Waals surface area contributed by atoms with Crippen molar-refractivity contribution in [3.63, 3.8) is 0 Å². The van der Waals surface area contributed by atoms with E-state index in [1.807, 2.05) is 73.7 Å². The van der Waals surface area contributed by atoms with Crippen LogP contribution in [0, 0.1) is 29.6 Å². The fraction of sp³-hybridized carbons (Fsp3) is 0.0811. The molecule has 0 unspecified atom stereocenters. The van der Waals surface area contributed by atoms with Crippen LogP contribution in [0.1, 0.15) is 34.9 Å². The van der Waals surface area contributed by atoms with E-state index in [1.54, 1.807) is 18.2 Å². The van der Waals surface area contributed by atoms with Crippen molar-refractivity contribution in [2.45, 2.75) is 20.3 Å². The monoisotopic (exact) mass is 533 g/mol. The van der Waals surface area contributed by atoms with Crippen LogP contribution in [0.25, 0.3) is 39.4 Å². The van der Waals surface area contributed by atoms with E-state index >= 15 is 0 Å². The van der Waals surface area contributed by atoms with Crippen molar-refractivity contribution in [2.24, 2.45) is 5.73 Å². The minimum atomic E-state index is 0.518. The minimum absolute atomic E-state index is 0.518. The molecule has 0 saturated carbocycles. The number of allylic oxidation sites excluding steroid dienone is 8. The molecule has 3 aromatic carbocycles. The van der Waals surface area contributed by atoms with Crippen molar-refractivity contribution in [2.75, 3.05) is 0 Å². The zero-order chi connectivity index (χ0) is 29.4. The largest absolute Gasteiger partial charge is 0.456 e. The Kier molecular flexibility index (Phi) is 9.00. The SMILES string of the molecule is C=C/C(C#N)=C\Cc1cccc(/C(C=C)=C/c2oc3cc(-c4cccc(/C(N)=C/C(C#N)=C\C)c4)ccc3c2C)c1. The Morgan fingerprint density at radius 3 is 2.34 bits per heavy atom. The first-order chi connectivity index (χ1) is 19.9. The van der Waals surface area contributed by atoms with Crippen LogP contribution in [-0.4, -0.2) is 0 Å². The fourth-order valence-corrected chi connectivity index (χ4v) is 4.55. The normalized spacial score (nSPS) is 12.6. The van der Waals surface area contributed by atoms with E-state index in [1.165, 1.54) is 0 Å². The van der Waals surface area contributed by atoms with Gasteiger partial charge in [-0.1, -0.05) is 92.1 Å². The van der Waals surface area contributed by atoms with Gasteiger partial charge in [0.25, 0.3) is 0 Å². The Bertz CT molecular complexity index is 1850. The number of nitriles is 2. The van der Waals surface area contributed by atoms with Crippen molar-refractivity contribution in [3.8, 4) is 23.3 Å². The van der Waals surface area contributed by atoms with Crippen LogP contribution in [0.4, 0.5) is 0 Å². The number of furan rings is 1. The van der Waals surface area contributed by atoms with Gasteiger partial charge in [0.05, 0.1) is 12.1 Å². The van der Waals surface area contributed by atoms with Crippen molar-refractivity contribution >= 4 is 28.3 Å². The molecule has 1 aromatic heterocycles. The van der Waals surface area contributed by atoms with E-state index in [0.29, 0.717) is 23.3 Å². The van der Waals surface area contributed by atoms with Crippen molar-refractivity contribution in [1.82, 2.24) is 0 Å². The molecule has 0 aliphatic rings. The van der Waals surface area contributed by atoms with E-state index in [9.17, 15) is 5.26 Å². The number of aryl methyl sites for hydroxylation is 1. The average Bonchev–Trinajstić information content (AvgIpc) is 3.33. The van der Waals surface area contributed by atoms with Crippen LogP contribution in [-0.2, 0) is 6.42 Å². The maximum absolute atomic E-state index is 9.23. The molecule has 0 atom stereocenters. The third kappa shape index (κ3) is 6.53. The highest BCUT2D eigenvalue weighted by atomic mass is 16.3. The lowest BCUT2D eigenvalue weighted by Crippen LogP contribution is -1.97. The molecule has 0 radical (unpaired) electrons. The Morgan fingerprint density at radius 2 is 1.63 bits per heavy atom. The molecule has 0 bridgehead atoms. The molecule has 2 N–H and O–H groups in total. The quantitative estimate of drug-likeness (QED) is 0.172. The first-order valence-electron chi connectivity index (χ1n) is 13.2. The Hall–Kier alpha value is -5.58. The summed E-state index contributed by atoms with van der Waals surface area (Å²) in [5, 5.41) is 19.4. The number of hydrogen-bond donors (Lipinski definition) is 1. The summed E-state index contributed by atoms with van der Waals surface area (Å²) in [5.74, 6) is 0.770. The smallest absolute Gasteiger partial charge is 0.135 e. The van der Waals surface area contributed by atoms with Crippen LogP contribution in [0.5, 0.6) is 0 Å². The molecule has 0 amide bonds. The third-order valence-corrected chi connectivity index (χ3v) is 6.93. The second-order valence-corrected chi connectivity index (χ2v) is 9.52. The Morgan fingerprint density at radius 1 is 0.902 bits per heavy atom. The molecule has 4 nitrogen and oxygen atoms in total. The summed E-state index contributed by atoms with van der Waals surface area (Å²) in [6, 6.07) is 26.6. The maximum Gasteiger partial charge on any atom is 0.135 e. The minimum Gasteiger partial charge on any atom is -0.456 e. The summed E-state index contributed by atoms with van der Waals surface area (Å²) in [6.45, 7) is 11.6. The van der Waals surface area contributed by atoms with E-state index in [-0.39, 0.29) is 0 Å². The van der Waals surface area contributed by atoms with Crippen LogP contribution >= 0.6 is 0 Å². The topological polar surface area (TPSA) is 86.7 Å². The van der Waals surface area contributed by atoms with E-state index < -0.39 is 0 Å².